The van der Waals surface area contributed by atoms with Crippen molar-refractivity contribution in [1.29, 1.82) is 0 Å². The fraction of sp³-hybridized carbons (Fsp3) is 0.188. The molecule has 21 heavy (non-hydrogen) atoms. The minimum Gasteiger partial charge on any atom is -0.388 e. The van der Waals surface area contributed by atoms with E-state index < -0.39 is 6.10 Å². The second-order valence-corrected chi connectivity index (χ2v) is 5.97. The first-order valence-corrected chi connectivity index (χ1v) is 7.72. The number of amides is 1. The standard InChI is InChI=1S/C16H15BrClNO2/c1-2-15(20)13-7-6-11(17)9-14(13)19-16(21)10-4-3-5-12(18)8-10/h3-9,15,20H,2H2,1H3,(H,19,21). The van der Waals surface area contributed by atoms with Gasteiger partial charge in [-0.15, -0.1) is 0 Å². The number of carbonyl (C=O) groups excluding carboxylic acids is 1. The third kappa shape index (κ3) is 4.06. The topological polar surface area (TPSA) is 49.3 Å². The Kier molecular flexibility index (Phi) is 5.39. The summed E-state index contributed by atoms with van der Waals surface area (Å²) in [6.45, 7) is 1.88. The minimum atomic E-state index is -0.618. The molecule has 110 valence electrons. The lowest BCUT2D eigenvalue weighted by Gasteiger charge is -2.15. The zero-order chi connectivity index (χ0) is 15.4. The number of aliphatic hydroxyl groups excluding tert-OH is 1. The quantitative estimate of drug-likeness (QED) is 0.814. The van der Waals surface area contributed by atoms with Crippen molar-refractivity contribution in [2.75, 3.05) is 5.32 Å². The van der Waals surface area contributed by atoms with E-state index in [0.717, 1.165) is 4.47 Å². The maximum atomic E-state index is 12.3. The second-order valence-electron chi connectivity index (χ2n) is 4.62. The third-order valence-electron chi connectivity index (χ3n) is 3.10. The van der Waals surface area contributed by atoms with Crippen LogP contribution in [-0.2, 0) is 0 Å². The fourth-order valence-electron chi connectivity index (χ4n) is 1.97. The van der Waals surface area contributed by atoms with Gasteiger partial charge in [0.15, 0.2) is 0 Å². The largest absolute Gasteiger partial charge is 0.388 e. The van der Waals surface area contributed by atoms with Gasteiger partial charge in [-0.1, -0.05) is 46.6 Å². The van der Waals surface area contributed by atoms with E-state index in [2.05, 4.69) is 21.2 Å². The van der Waals surface area contributed by atoms with E-state index >= 15 is 0 Å². The molecule has 0 radical (unpaired) electrons. The molecule has 2 aromatic rings. The van der Waals surface area contributed by atoms with E-state index in [-0.39, 0.29) is 5.91 Å². The summed E-state index contributed by atoms with van der Waals surface area (Å²) in [5, 5.41) is 13.4. The van der Waals surface area contributed by atoms with E-state index in [9.17, 15) is 9.90 Å². The highest BCUT2D eigenvalue weighted by Gasteiger charge is 2.14. The molecule has 0 spiro atoms. The van der Waals surface area contributed by atoms with Crippen molar-refractivity contribution >= 4 is 39.1 Å². The van der Waals surface area contributed by atoms with E-state index in [4.69, 9.17) is 11.6 Å². The smallest absolute Gasteiger partial charge is 0.255 e. The molecule has 2 rings (SSSR count). The van der Waals surface area contributed by atoms with Crippen molar-refractivity contribution < 1.29 is 9.90 Å². The first kappa shape index (κ1) is 16.0. The number of anilines is 1. The molecule has 5 heteroatoms. The minimum absolute atomic E-state index is 0.264. The number of aliphatic hydroxyl groups is 1. The van der Waals surface area contributed by atoms with Crippen LogP contribution >= 0.6 is 27.5 Å². The first-order chi connectivity index (χ1) is 10.0. The van der Waals surface area contributed by atoms with Crippen molar-refractivity contribution in [2.24, 2.45) is 0 Å². The van der Waals surface area contributed by atoms with Crippen molar-refractivity contribution in [3.63, 3.8) is 0 Å². The number of halogens is 2. The van der Waals surface area contributed by atoms with Crippen LogP contribution in [0.2, 0.25) is 5.02 Å². The van der Waals surface area contributed by atoms with Crippen LogP contribution in [0.25, 0.3) is 0 Å². The zero-order valence-electron chi connectivity index (χ0n) is 11.4. The molecule has 0 aliphatic rings. The maximum Gasteiger partial charge on any atom is 0.255 e. The molecule has 0 aliphatic carbocycles. The summed E-state index contributed by atoms with van der Waals surface area (Å²) in [7, 11) is 0. The number of hydrogen-bond acceptors (Lipinski definition) is 2. The van der Waals surface area contributed by atoms with Crippen LogP contribution in [0.3, 0.4) is 0 Å². The molecule has 0 fully saturated rings. The molecule has 1 unspecified atom stereocenters. The summed E-state index contributed by atoms with van der Waals surface area (Å²) in [4.78, 5) is 12.3. The Morgan fingerprint density at radius 1 is 1.33 bits per heavy atom. The molecule has 2 N–H and O–H groups in total. The number of carbonyl (C=O) groups is 1. The average molecular weight is 369 g/mol. The molecule has 0 bridgehead atoms. The van der Waals surface area contributed by atoms with Gasteiger partial charge in [0.2, 0.25) is 0 Å². The molecule has 1 atom stereocenters. The van der Waals surface area contributed by atoms with Crippen LogP contribution in [-0.4, -0.2) is 11.0 Å². The van der Waals surface area contributed by atoms with Crippen LogP contribution in [0, 0.1) is 0 Å². The molecule has 1 amide bonds. The lowest BCUT2D eigenvalue weighted by Crippen LogP contribution is -2.14. The van der Waals surface area contributed by atoms with Gasteiger partial charge in [0.05, 0.1) is 6.10 Å². The average Bonchev–Trinajstić information content (AvgIpc) is 2.46. The van der Waals surface area contributed by atoms with Crippen molar-refractivity contribution in [3.8, 4) is 0 Å². The molecule has 0 saturated heterocycles. The first-order valence-electron chi connectivity index (χ1n) is 6.55. The Morgan fingerprint density at radius 3 is 2.76 bits per heavy atom. The molecule has 0 saturated carbocycles. The van der Waals surface area contributed by atoms with Crippen molar-refractivity contribution in [1.82, 2.24) is 0 Å². The predicted molar refractivity (Wildman–Crippen MR) is 88.8 cm³/mol. The summed E-state index contributed by atoms with van der Waals surface area (Å²) in [6.07, 6.45) is -0.0467. The molecule has 0 aromatic heterocycles. The van der Waals surface area contributed by atoms with Crippen LogP contribution in [0.15, 0.2) is 46.9 Å². The number of rotatable bonds is 4. The number of benzene rings is 2. The summed E-state index contributed by atoms with van der Waals surface area (Å²) < 4.78 is 0.830. The predicted octanol–water partition coefficient (Wildman–Crippen LogP) is 4.80. The van der Waals surface area contributed by atoms with Gasteiger partial charge in [0.25, 0.3) is 5.91 Å². The van der Waals surface area contributed by atoms with Gasteiger partial charge in [-0.2, -0.15) is 0 Å². The Hall–Kier alpha value is -1.36. The van der Waals surface area contributed by atoms with Gasteiger partial charge in [-0.25, -0.2) is 0 Å². The normalized spacial score (nSPS) is 12.0. The zero-order valence-corrected chi connectivity index (χ0v) is 13.8. The summed E-state index contributed by atoms with van der Waals surface area (Å²) >= 11 is 9.26. The van der Waals surface area contributed by atoms with Crippen LogP contribution < -0.4 is 5.32 Å². The Labute approximate surface area is 137 Å². The summed E-state index contributed by atoms with van der Waals surface area (Å²) in [6, 6.07) is 12.1. The van der Waals surface area contributed by atoms with E-state index in [1.54, 1.807) is 36.4 Å². The number of nitrogens with one attached hydrogen (secondary N) is 1. The van der Waals surface area contributed by atoms with E-state index in [1.807, 2.05) is 13.0 Å². The highest BCUT2D eigenvalue weighted by atomic mass is 79.9. The summed E-state index contributed by atoms with van der Waals surface area (Å²) in [5.41, 5.74) is 1.75. The monoisotopic (exact) mass is 367 g/mol. The number of hydrogen-bond donors (Lipinski definition) is 2. The van der Waals surface area contributed by atoms with Gasteiger partial charge in [0, 0.05) is 26.3 Å². The molecule has 0 heterocycles. The maximum absolute atomic E-state index is 12.3. The van der Waals surface area contributed by atoms with Crippen LogP contribution in [0.4, 0.5) is 5.69 Å². The Bertz CT molecular complexity index is 660. The Morgan fingerprint density at radius 2 is 2.10 bits per heavy atom. The third-order valence-corrected chi connectivity index (χ3v) is 3.82. The molecular formula is C16H15BrClNO2. The van der Waals surface area contributed by atoms with Crippen LogP contribution in [0.1, 0.15) is 35.4 Å². The highest BCUT2D eigenvalue weighted by molar-refractivity contribution is 9.10. The molecule has 3 nitrogen and oxygen atoms in total. The van der Waals surface area contributed by atoms with Gasteiger partial charge in [0.1, 0.15) is 0 Å². The van der Waals surface area contributed by atoms with Gasteiger partial charge >= 0.3 is 0 Å². The van der Waals surface area contributed by atoms with Gasteiger partial charge in [-0.3, -0.25) is 4.79 Å². The van der Waals surface area contributed by atoms with Crippen LogP contribution in [0.5, 0.6) is 0 Å². The molecule has 0 aliphatic heterocycles. The summed E-state index contributed by atoms with van der Waals surface area (Å²) in [5.74, 6) is -0.264. The van der Waals surface area contributed by atoms with Crippen molar-refractivity contribution in [2.45, 2.75) is 19.4 Å². The van der Waals surface area contributed by atoms with E-state index in [1.165, 1.54) is 0 Å². The Balaban J connectivity index is 2.30. The van der Waals surface area contributed by atoms with Gasteiger partial charge in [-0.05, 0) is 36.8 Å². The van der Waals surface area contributed by atoms with Crippen molar-refractivity contribution in [3.05, 3.63) is 63.1 Å². The van der Waals surface area contributed by atoms with Gasteiger partial charge < -0.3 is 10.4 Å². The lowest BCUT2D eigenvalue weighted by atomic mass is 10.0. The highest BCUT2D eigenvalue weighted by Crippen LogP contribution is 2.29. The van der Waals surface area contributed by atoms with E-state index in [0.29, 0.717) is 28.3 Å². The fourth-order valence-corrected chi connectivity index (χ4v) is 2.52. The second kappa shape index (κ2) is 7.07. The molecule has 2 aromatic carbocycles. The lowest BCUT2D eigenvalue weighted by molar-refractivity contribution is 0.102. The molecular weight excluding hydrogens is 354 g/mol. The SMILES string of the molecule is CCC(O)c1ccc(Br)cc1NC(=O)c1cccc(Cl)c1.